The summed E-state index contributed by atoms with van der Waals surface area (Å²) >= 11 is 6.48. The molecule has 1 aliphatic carbocycles. The lowest BCUT2D eigenvalue weighted by atomic mass is 10.0. The van der Waals surface area contributed by atoms with Crippen molar-refractivity contribution < 1.29 is 18.7 Å². The van der Waals surface area contributed by atoms with Crippen LogP contribution in [0.1, 0.15) is 39.5 Å². The molecular formula is C26H25ClFN3O4. The number of aromatic nitrogens is 2. The zero-order valence-electron chi connectivity index (χ0n) is 20.1. The summed E-state index contributed by atoms with van der Waals surface area (Å²) in [6.07, 6.45) is 2.13. The molecule has 1 saturated carbocycles. The first-order chi connectivity index (χ1) is 16.6. The van der Waals surface area contributed by atoms with Crippen LogP contribution in [-0.4, -0.2) is 47.5 Å². The molecule has 3 aromatic rings. The summed E-state index contributed by atoms with van der Waals surface area (Å²) in [4.78, 5) is 43.2. The number of rotatable bonds is 5. The van der Waals surface area contributed by atoms with E-state index in [0.717, 1.165) is 0 Å². The number of pyridine rings is 2. The second-order valence-electron chi connectivity index (χ2n) is 8.89. The highest BCUT2D eigenvalue weighted by Crippen LogP contribution is 2.49. The molecule has 0 aliphatic heterocycles. The third kappa shape index (κ3) is 4.34. The van der Waals surface area contributed by atoms with Crippen molar-refractivity contribution in [3.05, 3.63) is 80.1 Å². The quantitative estimate of drug-likeness (QED) is 0.491. The molecule has 0 N–H and O–H groups in total. The van der Waals surface area contributed by atoms with Crippen LogP contribution < -0.4 is 5.56 Å². The van der Waals surface area contributed by atoms with E-state index in [9.17, 15) is 14.4 Å². The van der Waals surface area contributed by atoms with Crippen LogP contribution in [0.5, 0.6) is 0 Å². The predicted octanol–water partition coefficient (Wildman–Crippen LogP) is 4.29. The summed E-state index contributed by atoms with van der Waals surface area (Å²) in [5, 5.41) is 0.0366. The molecule has 0 saturated heterocycles. The van der Waals surface area contributed by atoms with Crippen molar-refractivity contribution in [2.24, 2.45) is 5.92 Å². The van der Waals surface area contributed by atoms with E-state index in [4.69, 9.17) is 16.3 Å². The highest BCUT2D eigenvalue weighted by Gasteiger charge is 2.46. The van der Waals surface area contributed by atoms with Gasteiger partial charge in [-0.2, -0.15) is 0 Å². The van der Waals surface area contributed by atoms with Gasteiger partial charge in [0.05, 0.1) is 30.0 Å². The summed E-state index contributed by atoms with van der Waals surface area (Å²) in [7, 11) is 4.43. The molecule has 1 amide bonds. The van der Waals surface area contributed by atoms with Crippen molar-refractivity contribution in [1.29, 1.82) is 0 Å². The van der Waals surface area contributed by atoms with E-state index in [-0.39, 0.29) is 39.6 Å². The highest BCUT2D eigenvalue weighted by atomic mass is 35.5. The smallest absolute Gasteiger partial charge is 0.309 e. The van der Waals surface area contributed by atoms with E-state index in [2.05, 4.69) is 4.98 Å². The molecule has 9 heteroatoms. The number of halogens is 2. The Labute approximate surface area is 207 Å². The molecule has 1 aliphatic rings. The Hall–Kier alpha value is -3.52. The van der Waals surface area contributed by atoms with E-state index >= 15 is 4.39 Å². The molecule has 4 rings (SSSR count). The predicted molar refractivity (Wildman–Crippen MR) is 131 cm³/mol. The Balaban J connectivity index is 1.81. The largest absolute Gasteiger partial charge is 0.469 e. The van der Waals surface area contributed by atoms with Gasteiger partial charge >= 0.3 is 5.97 Å². The number of hydrogen-bond acceptors (Lipinski definition) is 5. The van der Waals surface area contributed by atoms with Crippen LogP contribution in [0.4, 0.5) is 4.39 Å². The molecule has 0 bridgehead atoms. The number of esters is 1. The van der Waals surface area contributed by atoms with Gasteiger partial charge in [0.2, 0.25) is 0 Å². The van der Waals surface area contributed by atoms with Crippen LogP contribution in [-0.2, 0) is 9.53 Å². The fraction of sp³-hybridized carbons (Fsp3) is 0.308. The maximum Gasteiger partial charge on any atom is 0.309 e. The molecule has 182 valence electrons. The second-order valence-corrected chi connectivity index (χ2v) is 9.27. The summed E-state index contributed by atoms with van der Waals surface area (Å²) in [6, 6.07) is 7.95. The molecule has 7 nitrogen and oxygen atoms in total. The van der Waals surface area contributed by atoms with Gasteiger partial charge < -0.3 is 9.64 Å². The first-order valence-electron chi connectivity index (χ1n) is 11.0. The molecule has 2 atom stereocenters. The Morgan fingerprint density at radius 1 is 1.23 bits per heavy atom. The van der Waals surface area contributed by atoms with Gasteiger partial charge in [-0.05, 0) is 61.6 Å². The van der Waals surface area contributed by atoms with E-state index < -0.39 is 17.3 Å². The minimum atomic E-state index is -0.687. The number of methoxy groups -OCH3 is 1. The fourth-order valence-electron chi connectivity index (χ4n) is 4.29. The van der Waals surface area contributed by atoms with Gasteiger partial charge in [-0.15, -0.1) is 0 Å². The van der Waals surface area contributed by atoms with E-state index in [1.54, 1.807) is 52.3 Å². The lowest BCUT2D eigenvalue weighted by molar-refractivity contribution is -0.142. The van der Waals surface area contributed by atoms with Crippen molar-refractivity contribution in [2.45, 2.75) is 26.2 Å². The fourth-order valence-corrected chi connectivity index (χ4v) is 4.57. The van der Waals surface area contributed by atoms with E-state index in [0.29, 0.717) is 28.9 Å². The molecule has 2 heterocycles. The van der Waals surface area contributed by atoms with Crippen LogP contribution in [0.2, 0.25) is 5.02 Å². The lowest BCUT2D eigenvalue weighted by Crippen LogP contribution is -2.24. The Kier molecular flexibility index (Phi) is 6.51. The lowest BCUT2D eigenvalue weighted by Gasteiger charge is -2.17. The molecule has 0 unspecified atom stereocenters. The second kappa shape index (κ2) is 9.26. The number of ether oxygens (including phenoxy) is 1. The molecule has 0 radical (unpaired) electrons. The summed E-state index contributed by atoms with van der Waals surface area (Å²) in [5.74, 6) is -1.93. The van der Waals surface area contributed by atoms with Crippen molar-refractivity contribution in [3.63, 3.8) is 0 Å². The van der Waals surface area contributed by atoms with E-state index in [1.807, 2.05) is 0 Å². The number of hydrogen-bond donors (Lipinski definition) is 0. The highest BCUT2D eigenvalue weighted by molar-refractivity contribution is 6.31. The standard InChI is InChI=1S/C26H25ClFN3O4/c1-13-12-29-20(15-7-6-8-16(23(15)28)24(32)30(3)4)11-21(13)31-14(2)9-18(22(27)25(31)33)17-10-19(17)26(34)35-5/h6-9,11-12,17,19H,10H2,1-5H3/t17-,19+/m1/s1. The first-order valence-corrected chi connectivity index (χ1v) is 11.4. The van der Waals surface area contributed by atoms with Crippen molar-refractivity contribution in [2.75, 3.05) is 21.2 Å². The molecule has 35 heavy (non-hydrogen) atoms. The molecular weight excluding hydrogens is 473 g/mol. The van der Waals surface area contributed by atoms with Gasteiger partial charge in [-0.3, -0.25) is 23.9 Å². The molecule has 2 aromatic heterocycles. The average Bonchev–Trinajstić information content (AvgIpc) is 3.62. The van der Waals surface area contributed by atoms with E-state index in [1.165, 1.54) is 28.7 Å². The van der Waals surface area contributed by atoms with Crippen LogP contribution in [0, 0.1) is 25.6 Å². The van der Waals surface area contributed by atoms with Gasteiger partial charge in [0.1, 0.15) is 10.8 Å². The third-order valence-electron chi connectivity index (χ3n) is 6.28. The number of amides is 1. The Morgan fingerprint density at radius 2 is 1.94 bits per heavy atom. The Morgan fingerprint density at radius 3 is 2.60 bits per heavy atom. The number of carbonyl (C=O) groups is 2. The molecule has 1 aromatic carbocycles. The van der Waals surface area contributed by atoms with Crippen molar-refractivity contribution in [3.8, 4) is 16.9 Å². The van der Waals surface area contributed by atoms with Crippen LogP contribution in [0.25, 0.3) is 16.9 Å². The normalized spacial score (nSPS) is 16.7. The van der Waals surface area contributed by atoms with Gasteiger partial charge in [0, 0.05) is 31.5 Å². The molecule has 1 fully saturated rings. The maximum atomic E-state index is 15.3. The monoisotopic (exact) mass is 497 g/mol. The van der Waals surface area contributed by atoms with Crippen molar-refractivity contribution in [1.82, 2.24) is 14.5 Å². The number of carbonyl (C=O) groups excluding carboxylic acids is 2. The van der Waals surface area contributed by atoms with Crippen LogP contribution in [0.15, 0.2) is 41.3 Å². The minimum absolute atomic E-state index is 0.0366. The van der Waals surface area contributed by atoms with Crippen LogP contribution >= 0.6 is 11.6 Å². The average molecular weight is 498 g/mol. The van der Waals surface area contributed by atoms with Gasteiger partial charge in [-0.1, -0.05) is 17.7 Å². The zero-order chi connectivity index (χ0) is 25.6. The topological polar surface area (TPSA) is 81.5 Å². The van der Waals surface area contributed by atoms with Gasteiger partial charge in [0.15, 0.2) is 0 Å². The number of aryl methyl sites for hydroxylation is 2. The zero-order valence-corrected chi connectivity index (χ0v) is 20.8. The summed E-state index contributed by atoms with van der Waals surface area (Å²) < 4.78 is 21.6. The summed E-state index contributed by atoms with van der Waals surface area (Å²) in [6.45, 7) is 3.56. The van der Waals surface area contributed by atoms with Gasteiger partial charge in [-0.25, -0.2) is 4.39 Å². The Bertz CT molecular complexity index is 1420. The number of nitrogens with zero attached hydrogens (tertiary/aromatic N) is 3. The third-order valence-corrected chi connectivity index (χ3v) is 6.66. The van der Waals surface area contributed by atoms with Crippen molar-refractivity contribution >= 4 is 23.5 Å². The minimum Gasteiger partial charge on any atom is -0.469 e. The molecule has 0 spiro atoms. The van der Waals surface area contributed by atoms with Crippen LogP contribution in [0.3, 0.4) is 0 Å². The maximum absolute atomic E-state index is 15.3. The SMILES string of the molecule is COC(=O)[C@H]1C[C@@H]1c1cc(C)n(-c2cc(-c3cccc(C(=O)N(C)C)c3F)ncc2C)c(=O)c1Cl. The summed E-state index contributed by atoms with van der Waals surface area (Å²) in [5.41, 5.74) is 2.33. The van der Waals surface area contributed by atoms with Gasteiger partial charge in [0.25, 0.3) is 11.5 Å². The number of benzene rings is 1. The first kappa shape index (κ1) is 24.6.